The monoisotopic (exact) mass is 667 g/mol. The van der Waals surface area contributed by atoms with Crippen LogP contribution in [0.2, 0.25) is 0 Å². The highest BCUT2D eigenvalue weighted by Crippen LogP contribution is 2.41. The third-order valence-corrected chi connectivity index (χ3v) is 11.6. The first-order valence-corrected chi connectivity index (χ1v) is 18.1. The van der Waals surface area contributed by atoms with Gasteiger partial charge in [-0.15, -0.1) is 11.3 Å². The van der Waals surface area contributed by atoms with Gasteiger partial charge in [0.2, 0.25) is 0 Å². The van der Waals surface area contributed by atoms with E-state index in [4.69, 9.17) is 4.98 Å². The first-order chi connectivity index (χ1) is 25.3. The topological polar surface area (TPSA) is 22.8 Å². The number of benzene rings is 7. The van der Waals surface area contributed by atoms with Gasteiger partial charge in [0.05, 0.1) is 32.3 Å². The van der Waals surface area contributed by atoms with Crippen LogP contribution in [0.15, 0.2) is 176 Å². The van der Waals surface area contributed by atoms with E-state index in [-0.39, 0.29) is 0 Å². The fraction of sp³-hybridized carbons (Fsp3) is 0. The molecule has 0 amide bonds. The van der Waals surface area contributed by atoms with Gasteiger partial charge in [-0.05, 0) is 89.0 Å². The number of hydrogen-bond acceptors (Lipinski definition) is 2. The van der Waals surface area contributed by atoms with E-state index in [2.05, 4.69) is 173 Å². The summed E-state index contributed by atoms with van der Waals surface area (Å²) in [6, 6.07) is 61.8. The molecule has 0 saturated heterocycles. The van der Waals surface area contributed by atoms with Crippen LogP contribution >= 0.6 is 11.3 Å². The summed E-state index contributed by atoms with van der Waals surface area (Å²) in [5.41, 5.74) is 13.1. The Kier molecular flexibility index (Phi) is 6.12. The molecular weight excluding hydrogens is 639 g/mol. The van der Waals surface area contributed by atoms with E-state index < -0.39 is 0 Å². The van der Waals surface area contributed by atoms with E-state index in [1.54, 1.807) is 0 Å². The second kappa shape index (κ2) is 11.0. The molecule has 0 spiro atoms. The molecule has 0 atom stereocenters. The number of pyridine rings is 1. The Bertz CT molecular complexity index is 3100. The summed E-state index contributed by atoms with van der Waals surface area (Å²) in [6.45, 7) is 0. The van der Waals surface area contributed by atoms with Crippen molar-refractivity contribution in [3.8, 4) is 33.6 Å². The van der Waals surface area contributed by atoms with Crippen molar-refractivity contribution < 1.29 is 0 Å². The van der Waals surface area contributed by atoms with Gasteiger partial charge >= 0.3 is 0 Å². The average Bonchev–Trinajstić information content (AvgIpc) is 3.86. The molecule has 11 aromatic rings. The third-order valence-electron chi connectivity index (χ3n) is 10.4. The van der Waals surface area contributed by atoms with E-state index in [1.807, 2.05) is 23.6 Å². The van der Waals surface area contributed by atoms with Gasteiger partial charge in [-0.2, -0.15) is 0 Å². The van der Waals surface area contributed by atoms with Crippen LogP contribution in [0.5, 0.6) is 0 Å². The van der Waals surface area contributed by atoms with Gasteiger partial charge in [-0.25, -0.2) is 0 Å². The van der Waals surface area contributed by atoms with Crippen LogP contribution in [0.1, 0.15) is 0 Å². The summed E-state index contributed by atoms with van der Waals surface area (Å²) in [4.78, 5) is 4.70. The van der Waals surface area contributed by atoms with Crippen LogP contribution < -0.4 is 0 Å². The second-order valence-corrected chi connectivity index (χ2v) is 14.2. The molecule has 4 aromatic heterocycles. The first-order valence-electron chi connectivity index (χ1n) is 17.3. The predicted octanol–water partition coefficient (Wildman–Crippen LogP) is 13.0. The fourth-order valence-electron chi connectivity index (χ4n) is 8.12. The minimum atomic E-state index is 1.08. The third kappa shape index (κ3) is 4.27. The van der Waals surface area contributed by atoms with Crippen LogP contribution in [-0.2, 0) is 0 Å². The van der Waals surface area contributed by atoms with Crippen molar-refractivity contribution in [3.63, 3.8) is 0 Å². The molecule has 0 fully saturated rings. The van der Waals surface area contributed by atoms with Crippen LogP contribution in [0.25, 0.3) is 97.5 Å². The zero-order valence-corrected chi connectivity index (χ0v) is 28.3. The number of hydrogen-bond donors (Lipinski definition) is 0. The molecule has 4 heterocycles. The lowest BCUT2D eigenvalue weighted by Crippen LogP contribution is -1.96. The predicted molar refractivity (Wildman–Crippen MR) is 217 cm³/mol. The van der Waals surface area contributed by atoms with E-state index in [1.165, 1.54) is 80.7 Å². The maximum atomic E-state index is 4.70. The molecule has 0 aliphatic heterocycles. The summed E-state index contributed by atoms with van der Waals surface area (Å²) < 4.78 is 7.32. The van der Waals surface area contributed by atoms with Gasteiger partial charge < -0.3 is 9.13 Å². The lowest BCUT2D eigenvalue weighted by molar-refractivity contribution is 1.17. The lowest BCUT2D eigenvalue weighted by atomic mass is 9.98. The van der Waals surface area contributed by atoms with Gasteiger partial charge in [0.25, 0.3) is 0 Å². The average molecular weight is 668 g/mol. The molecule has 7 aromatic carbocycles. The quantitative estimate of drug-likeness (QED) is 0.183. The van der Waals surface area contributed by atoms with E-state index >= 15 is 0 Å². The number of thiophene rings is 1. The van der Waals surface area contributed by atoms with Gasteiger partial charge in [-0.1, -0.05) is 103 Å². The summed E-state index contributed by atoms with van der Waals surface area (Å²) in [5.74, 6) is 0. The highest BCUT2D eigenvalue weighted by molar-refractivity contribution is 7.26. The van der Waals surface area contributed by atoms with Crippen molar-refractivity contribution >= 4 is 75.3 Å². The zero-order valence-electron chi connectivity index (χ0n) is 27.5. The number of para-hydroxylation sites is 3. The van der Waals surface area contributed by atoms with Gasteiger partial charge in [-0.3, -0.25) is 4.98 Å². The minimum absolute atomic E-state index is 1.08. The Labute approximate surface area is 297 Å². The zero-order chi connectivity index (χ0) is 33.5. The highest BCUT2D eigenvalue weighted by atomic mass is 32.1. The minimum Gasteiger partial charge on any atom is -0.309 e. The van der Waals surface area contributed by atoms with Crippen LogP contribution in [0.4, 0.5) is 0 Å². The van der Waals surface area contributed by atoms with Crippen LogP contribution in [0.3, 0.4) is 0 Å². The summed E-state index contributed by atoms with van der Waals surface area (Å²) in [6.07, 6.45) is 1.89. The van der Waals surface area contributed by atoms with Crippen molar-refractivity contribution in [2.75, 3.05) is 0 Å². The molecule has 11 rings (SSSR count). The molecule has 0 bridgehead atoms. The fourth-order valence-corrected chi connectivity index (χ4v) is 9.31. The van der Waals surface area contributed by atoms with Crippen molar-refractivity contribution in [2.24, 2.45) is 0 Å². The summed E-state index contributed by atoms with van der Waals surface area (Å²) in [5, 5.41) is 6.24. The smallest absolute Gasteiger partial charge is 0.0888 e. The maximum absolute atomic E-state index is 4.70. The van der Waals surface area contributed by atoms with Crippen molar-refractivity contribution in [1.29, 1.82) is 0 Å². The van der Waals surface area contributed by atoms with Crippen molar-refractivity contribution in [3.05, 3.63) is 176 Å². The second-order valence-electron chi connectivity index (χ2n) is 13.2. The van der Waals surface area contributed by atoms with Gasteiger partial charge in [0, 0.05) is 49.2 Å². The Morgan fingerprint density at radius 3 is 1.71 bits per heavy atom. The molecule has 0 N–H and O–H groups in total. The molecule has 238 valence electrons. The SMILES string of the molecule is c1cc(-c2cccc(-n3c4ccccc4c4cc(-n5c6ccccc6c6ccccc65)ccc43)c2)cc(-c2cccc3c2sc2cccnc23)c1. The van der Waals surface area contributed by atoms with Crippen molar-refractivity contribution in [1.82, 2.24) is 14.1 Å². The molecule has 3 nitrogen and oxygen atoms in total. The molecule has 0 saturated carbocycles. The molecule has 51 heavy (non-hydrogen) atoms. The Balaban J connectivity index is 1.06. The number of rotatable bonds is 4. The Morgan fingerprint density at radius 2 is 0.961 bits per heavy atom. The maximum Gasteiger partial charge on any atom is 0.0888 e. The van der Waals surface area contributed by atoms with E-state index in [9.17, 15) is 0 Å². The molecular formula is C47H29N3S. The molecule has 0 radical (unpaired) electrons. The van der Waals surface area contributed by atoms with Gasteiger partial charge in [0.15, 0.2) is 0 Å². The standard InChI is InChI=1S/C47H29N3S/c1-4-20-41-36(15-1)37-16-2-5-21-42(37)50(41)34-24-25-44-40(29-34)38-17-3-6-22-43(38)49(44)33-14-8-12-31(28-33)30-11-7-13-32(27-30)35-18-9-19-39-46-45(51-47(35)39)23-10-26-48-46/h1-29H. The summed E-state index contributed by atoms with van der Waals surface area (Å²) in [7, 11) is 0. The number of nitrogens with zero attached hydrogens (tertiary/aromatic N) is 3. The number of aromatic nitrogens is 3. The normalized spacial score (nSPS) is 11.9. The Hall–Kier alpha value is -6.49. The Morgan fingerprint density at radius 1 is 0.392 bits per heavy atom. The van der Waals surface area contributed by atoms with Crippen LogP contribution in [-0.4, -0.2) is 14.1 Å². The highest BCUT2D eigenvalue weighted by Gasteiger charge is 2.17. The van der Waals surface area contributed by atoms with Crippen LogP contribution in [0, 0.1) is 0 Å². The van der Waals surface area contributed by atoms with E-state index in [0.717, 1.165) is 16.9 Å². The van der Waals surface area contributed by atoms with E-state index in [0.29, 0.717) is 0 Å². The molecule has 0 aliphatic carbocycles. The molecule has 4 heteroatoms. The molecule has 0 aliphatic rings. The summed E-state index contributed by atoms with van der Waals surface area (Å²) >= 11 is 1.82. The van der Waals surface area contributed by atoms with Crippen molar-refractivity contribution in [2.45, 2.75) is 0 Å². The van der Waals surface area contributed by atoms with Gasteiger partial charge in [0.1, 0.15) is 0 Å². The largest absolute Gasteiger partial charge is 0.309 e. The lowest BCUT2D eigenvalue weighted by Gasteiger charge is -2.12. The number of fused-ring (bicyclic) bond motifs is 9. The first kappa shape index (κ1) is 28.4. The molecule has 0 unspecified atom stereocenters.